The Kier molecular flexibility index (Phi) is 11.0. The van der Waals surface area contributed by atoms with Gasteiger partial charge in [-0.15, -0.1) is 0 Å². The monoisotopic (exact) mass is 585 g/mol. The Morgan fingerprint density at radius 1 is 1.02 bits per heavy atom. The summed E-state index contributed by atoms with van der Waals surface area (Å²) in [5.41, 5.74) is 4.52. The fourth-order valence-corrected chi connectivity index (χ4v) is 5.32. The number of aliphatic carboxylic acids is 1. The van der Waals surface area contributed by atoms with E-state index in [-0.39, 0.29) is 24.9 Å². The summed E-state index contributed by atoms with van der Waals surface area (Å²) in [7, 11) is 0. The van der Waals surface area contributed by atoms with E-state index >= 15 is 0 Å². The van der Waals surface area contributed by atoms with Crippen LogP contribution >= 0.6 is 11.6 Å². The van der Waals surface area contributed by atoms with Gasteiger partial charge in [-0.1, -0.05) is 67.3 Å². The SMILES string of the molecule is CC(N=C(NC#N)N(Cc1ccc(C(=O)NCCC(=O)O)cc1)c1ccc(C2CCCCC2)cc1)c1ccc(Cl)cc1. The lowest BCUT2D eigenvalue weighted by Gasteiger charge is -2.27. The van der Waals surface area contributed by atoms with Crippen LogP contribution in [0, 0.1) is 11.5 Å². The summed E-state index contributed by atoms with van der Waals surface area (Å²) < 4.78 is 0. The Labute approximate surface area is 252 Å². The van der Waals surface area contributed by atoms with Gasteiger partial charge in [0.25, 0.3) is 5.91 Å². The van der Waals surface area contributed by atoms with Crippen LogP contribution in [-0.4, -0.2) is 29.5 Å². The molecule has 1 aliphatic rings. The number of carbonyl (C=O) groups is 2. The van der Waals surface area contributed by atoms with Gasteiger partial charge in [0, 0.05) is 22.8 Å². The van der Waals surface area contributed by atoms with Gasteiger partial charge in [0.05, 0.1) is 19.0 Å². The number of amides is 1. The number of carbonyl (C=O) groups excluding carboxylic acids is 1. The Balaban J connectivity index is 1.61. The number of halogens is 1. The van der Waals surface area contributed by atoms with E-state index in [1.165, 1.54) is 37.7 Å². The third-order valence-corrected chi connectivity index (χ3v) is 7.81. The van der Waals surface area contributed by atoms with Gasteiger partial charge < -0.3 is 15.3 Å². The predicted molar refractivity (Wildman–Crippen MR) is 166 cm³/mol. The van der Waals surface area contributed by atoms with Crippen LogP contribution in [0.3, 0.4) is 0 Å². The van der Waals surface area contributed by atoms with Gasteiger partial charge in [-0.25, -0.2) is 4.99 Å². The van der Waals surface area contributed by atoms with E-state index in [0.29, 0.717) is 29.0 Å². The molecule has 0 aliphatic heterocycles. The van der Waals surface area contributed by atoms with Crippen molar-refractivity contribution in [2.45, 2.75) is 64.0 Å². The topological polar surface area (TPSA) is 118 Å². The molecule has 1 saturated carbocycles. The van der Waals surface area contributed by atoms with Gasteiger partial charge in [-0.3, -0.25) is 14.9 Å². The molecule has 42 heavy (non-hydrogen) atoms. The normalized spacial score (nSPS) is 14.5. The van der Waals surface area contributed by atoms with E-state index in [1.54, 1.807) is 12.1 Å². The summed E-state index contributed by atoms with van der Waals surface area (Å²) in [6, 6.07) is 22.9. The number of nitrogens with one attached hydrogen (secondary N) is 2. The van der Waals surface area contributed by atoms with Crippen LogP contribution in [0.5, 0.6) is 0 Å². The average Bonchev–Trinajstić information content (AvgIpc) is 3.00. The Morgan fingerprint density at radius 3 is 2.31 bits per heavy atom. The summed E-state index contributed by atoms with van der Waals surface area (Å²) in [6.45, 7) is 2.42. The largest absolute Gasteiger partial charge is 0.481 e. The van der Waals surface area contributed by atoms with Crippen molar-refractivity contribution in [3.63, 3.8) is 0 Å². The second-order valence-electron chi connectivity index (χ2n) is 10.5. The van der Waals surface area contributed by atoms with E-state index < -0.39 is 5.97 Å². The van der Waals surface area contributed by atoms with Crippen molar-refractivity contribution in [3.05, 3.63) is 100 Å². The summed E-state index contributed by atoms with van der Waals surface area (Å²) in [5, 5.41) is 24.5. The molecule has 1 atom stereocenters. The lowest BCUT2D eigenvalue weighted by atomic mass is 9.84. The van der Waals surface area contributed by atoms with Crippen LogP contribution in [0.25, 0.3) is 0 Å². The molecule has 4 rings (SSSR count). The van der Waals surface area contributed by atoms with Crippen molar-refractivity contribution in [1.29, 1.82) is 5.26 Å². The molecule has 3 aromatic carbocycles. The summed E-state index contributed by atoms with van der Waals surface area (Å²) in [4.78, 5) is 30.0. The van der Waals surface area contributed by atoms with Crippen LogP contribution in [0.1, 0.15) is 84.5 Å². The van der Waals surface area contributed by atoms with E-state index in [1.807, 2.05) is 54.4 Å². The number of aliphatic imine (C=N–C) groups is 1. The molecule has 1 amide bonds. The maximum Gasteiger partial charge on any atom is 0.305 e. The van der Waals surface area contributed by atoms with Crippen LogP contribution in [0.4, 0.5) is 5.69 Å². The molecule has 9 heteroatoms. The van der Waals surface area contributed by atoms with Gasteiger partial charge >= 0.3 is 5.97 Å². The number of carboxylic acids is 1. The number of nitriles is 1. The number of carboxylic acid groups (broad SMARTS) is 1. The second kappa shape index (κ2) is 15.0. The molecule has 8 nitrogen and oxygen atoms in total. The highest BCUT2D eigenvalue weighted by molar-refractivity contribution is 6.30. The highest BCUT2D eigenvalue weighted by Crippen LogP contribution is 2.33. The molecule has 0 bridgehead atoms. The highest BCUT2D eigenvalue weighted by atomic mass is 35.5. The van der Waals surface area contributed by atoms with Crippen LogP contribution in [0.2, 0.25) is 5.02 Å². The molecule has 1 aliphatic carbocycles. The zero-order chi connectivity index (χ0) is 29.9. The Bertz CT molecular complexity index is 1410. The van der Waals surface area contributed by atoms with Crippen LogP contribution < -0.4 is 15.5 Å². The van der Waals surface area contributed by atoms with Crippen molar-refractivity contribution < 1.29 is 14.7 Å². The highest BCUT2D eigenvalue weighted by Gasteiger charge is 2.20. The van der Waals surface area contributed by atoms with Gasteiger partial charge in [0.2, 0.25) is 5.96 Å². The molecule has 1 fully saturated rings. The van der Waals surface area contributed by atoms with E-state index in [0.717, 1.165) is 16.8 Å². The molecule has 1 unspecified atom stereocenters. The van der Waals surface area contributed by atoms with Crippen LogP contribution in [0.15, 0.2) is 77.8 Å². The molecule has 3 aromatic rings. The summed E-state index contributed by atoms with van der Waals surface area (Å²) in [5.74, 6) is -0.318. The Hall–Kier alpha value is -4.35. The van der Waals surface area contributed by atoms with Gasteiger partial charge in [0.15, 0.2) is 6.19 Å². The minimum absolute atomic E-state index is 0.0615. The lowest BCUT2D eigenvalue weighted by molar-refractivity contribution is -0.136. The quantitative estimate of drug-likeness (QED) is 0.104. The molecule has 0 aromatic heterocycles. The van der Waals surface area contributed by atoms with Gasteiger partial charge in [0.1, 0.15) is 0 Å². The van der Waals surface area contributed by atoms with E-state index in [2.05, 4.69) is 34.9 Å². The Morgan fingerprint density at radius 2 is 1.69 bits per heavy atom. The second-order valence-corrected chi connectivity index (χ2v) is 11.0. The third-order valence-electron chi connectivity index (χ3n) is 7.55. The summed E-state index contributed by atoms with van der Waals surface area (Å²) in [6.07, 6.45) is 8.15. The zero-order valence-corrected chi connectivity index (χ0v) is 24.5. The number of hydrogen-bond acceptors (Lipinski definition) is 4. The van der Waals surface area contributed by atoms with Crippen molar-refractivity contribution in [2.75, 3.05) is 11.4 Å². The molecule has 218 valence electrons. The smallest absolute Gasteiger partial charge is 0.305 e. The number of hydrogen-bond donors (Lipinski definition) is 3. The fraction of sp³-hybridized carbons (Fsp3) is 0.333. The van der Waals surface area contributed by atoms with E-state index in [4.69, 9.17) is 21.7 Å². The molecule has 0 spiro atoms. The number of anilines is 1. The zero-order valence-electron chi connectivity index (χ0n) is 23.7. The summed E-state index contributed by atoms with van der Waals surface area (Å²) >= 11 is 6.08. The fourth-order valence-electron chi connectivity index (χ4n) is 5.20. The molecule has 3 N–H and O–H groups in total. The maximum atomic E-state index is 12.4. The van der Waals surface area contributed by atoms with Crippen molar-refractivity contribution in [1.82, 2.24) is 10.6 Å². The van der Waals surface area contributed by atoms with Crippen molar-refractivity contribution >= 4 is 35.1 Å². The number of rotatable bonds is 10. The first kappa shape index (κ1) is 30.6. The number of nitrogens with zero attached hydrogens (tertiary/aromatic N) is 3. The molecule has 0 saturated heterocycles. The van der Waals surface area contributed by atoms with Crippen LogP contribution in [-0.2, 0) is 11.3 Å². The van der Waals surface area contributed by atoms with Crippen molar-refractivity contribution in [2.24, 2.45) is 4.99 Å². The van der Waals surface area contributed by atoms with Gasteiger partial charge in [-0.2, -0.15) is 5.26 Å². The van der Waals surface area contributed by atoms with Crippen molar-refractivity contribution in [3.8, 4) is 6.19 Å². The standard InChI is InChI=1S/C33H36ClN5O3/c1-23(25-11-15-29(34)16-12-25)38-33(37-22-35)39(30-17-13-27(14-18-30)26-5-3-2-4-6-26)21-24-7-9-28(10-8-24)32(42)36-20-19-31(40)41/h7-18,23,26H,2-6,19-21H2,1H3,(H,36,42)(H,37,38)(H,40,41). The number of benzene rings is 3. The number of guanidine groups is 1. The first-order valence-electron chi connectivity index (χ1n) is 14.3. The van der Waals surface area contributed by atoms with E-state index in [9.17, 15) is 14.9 Å². The molecule has 0 heterocycles. The first-order chi connectivity index (χ1) is 20.3. The third kappa shape index (κ3) is 8.58. The minimum atomic E-state index is -0.966. The first-order valence-corrected chi connectivity index (χ1v) is 14.7. The molecule has 0 radical (unpaired) electrons. The molecular formula is C33H36ClN5O3. The minimum Gasteiger partial charge on any atom is -0.481 e. The average molecular weight is 586 g/mol. The van der Waals surface area contributed by atoms with Gasteiger partial charge in [-0.05, 0) is 78.8 Å². The predicted octanol–water partition coefficient (Wildman–Crippen LogP) is 6.79. The maximum absolute atomic E-state index is 12.4. The molecular weight excluding hydrogens is 550 g/mol. The lowest BCUT2D eigenvalue weighted by Crippen LogP contribution is -2.39.